The molecule has 1 amide bonds. The highest BCUT2D eigenvalue weighted by molar-refractivity contribution is 5.78. The molecule has 3 rings (SSSR count). The van der Waals surface area contributed by atoms with Crippen LogP contribution < -0.4 is 14.8 Å². The molecule has 2 fully saturated rings. The van der Waals surface area contributed by atoms with Gasteiger partial charge in [0.1, 0.15) is 0 Å². The van der Waals surface area contributed by atoms with Gasteiger partial charge in [0.2, 0.25) is 0 Å². The normalized spacial score (nSPS) is 22.4. The smallest absolute Gasteiger partial charge is 0.258 e. The van der Waals surface area contributed by atoms with Crippen molar-refractivity contribution in [2.75, 3.05) is 26.8 Å². The maximum atomic E-state index is 12.3. The molecule has 5 heteroatoms. The van der Waals surface area contributed by atoms with Crippen molar-refractivity contribution in [3.05, 3.63) is 24.3 Å². The highest BCUT2D eigenvalue weighted by atomic mass is 16.5. The summed E-state index contributed by atoms with van der Waals surface area (Å²) in [5, 5.41) is 3.16. The summed E-state index contributed by atoms with van der Waals surface area (Å²) in [6.07, 6.45) is 10.3. The van der Waals surface area contributed by atoms with Crippen LogP contribution in [0.25, 0.3) is 0 Å². The Hall–Kier alpha value is -1.75. The van der Waals surface area contributed by atoms with E-state index < -0.39 is 0 Å². The molecule has 0 spiro atoms. The molecule has 1 saturated heterocycles. The average Bonchev–Trinajstić information content (AvgIpc) is 2.96. The first-order valence-electron chi connectivity index (χ1n) is 10.1. The van der Waals surface area contributed by atoms with E-state index in [-0.39, 0.29) is 18.6 Å². The van der Waals surface area contributed by atoms with E-state index in [0.717, 1.165) is 19.4 Å². The fraction of sp³-hybridized carbons (Fsp3) is 0.667. The SMILES string of the molecule is COc1ccccc1OCC(=O)N[C@H]1CCCN(C2CCCCCC2)C1. The number of carbonyl (C=O) groups excluding carboxylic acids is 1. The lowest BCUT2D eigenvalue weighted by Gasteiger charge is -2.38. The van der Waals surface area contributed by atoms with Gasteiger partial charge in [-0.25, -0.2) is 0 Å². The van der Waals surface area contributed by atoms with Crippen molar-refractivity contribution in [2.24, 2.45) is 0 Å². The Bertz CT molecular complexity index is 570. The van der Waals surface area contributed by atoms with Crippen LogP contribution in [0.3, 0.4) is 0 Å². The Balaban J connectivity index is 1.46. The number of piperidine rings is 1. The second-order valence-electron chi connectivity index (χ2n) is 7.49. The molecule has 26 heavy (non-hydrogen) atoms. The van der Waals surface area contributed by atoms with E-state index in [4.69, 9.17) is 9.47 Å². The Morgan fingerprint density at radius 2 is 1.81 bits per heavy atom. The second-order valence-corrected chi connectivity index (χ2v) is 7.49. The molecule has 1 aromatic rings. The van der Waals surface area contributed by atoms with Crippen LogP contribution in [0.1, 0.15) is 51.4 Å². The first-order chi connectivity index (χ1) is 12.8. The number of carbonyl (C=O) groups is 1. The van der Waals surface area contributed by atoms with Crippen LogP contribution in [0.5, 0.6) is 11.5 Å². The van der Waals surface area contributed by atoms with Crippen LogP contribution in [-0.2, 0) is 4.79 Å². The van der Waals surface area contributed by atoms with E-state index in [9.17, 15) is 4.79 Å². The quantitative estimate of drug-likeness (QED) is 0.790. The first-order valence-corrected chi connectivity index (χ1v) is 10.1. The molecule has 0 radical (unpaired) electrons. The van der Waals surface area contributed by atoms with Crippen LogP contribution in [-0.4, -0.2) is 49.7 Å². The van der Waals surface area contributed by atoms with Gasteiger partial charge in [0.15, 0.2) is 18.1 Å². The number of hydrogen-bond donors (Lipinski definition) is 1. The number of likely N-dealkylation sites (tertiary alicyclic amines) is 1. The molecule has 2 aliphatic rings. The number of rotatable bonds is 6. The molecule has 1 aliphatic heterocycles. The lowest BCUT2D eigenvalue weighted by molar-refractivity contribution is -0.124. The molecule has 1 saturated carbocycles. The number of benzene rings is 1. The van der Waals surface area contributed by atoms with Gasteiger partial charge in [-0.3, -0.25) is 9.69 Å². The molecule has 5 nitrogen and oxygen atoms in total. The van der Waals surface area contributed by atoms with Gasteiger partial charge in [-0.1, -0.05) is 37.8 Å². The molecule has 144 valence electrons. The van der Waals surface area contributed by atoms with Gasteiger partial charge in [0.05, 0.1) is 7.11 Å². The largest absolute Gasteiger partial charge is 0.493 e. The number of amides is 1. The van der Waals surface area contributed by atoms with Gasteiger partial charge >= 0.3 is 0 Å². The Morgan fingerprint density at radius 1 is 1.08 bits per heavy atom. The summed E-state index contributed by atoms with van der Waals surface area (Å²) in [5.41, 5.74) is 0. The maximum absolute atomic E-state index is 12.3. The van der Waals surface area contributed by atoms with Gasteiger partial charge < -0.3 is 14.8 Å². The number of nitrogens with one attached hydrogen (secondary N) is 1. The van der Waals surface area contributed by atoms with Gasteiger partial charge in [0.25, 0.3) is 5.91 Å². The molecule has 0 aromatic heterocycles. The van der Waals surface area contributed by atoms with E-state index in [1.165, 1.54) is 45.1 Å². The minimum absolute atomic E-state index is 0.0281. The molecule has 1 N–H and O–H groups in total. The van der Waals surface area contributed by atoms with Crippen molar-refractivity contribution in [3.63, 3.8) is 0 Å². The minimum atomic E-state index is -0.0522. The van der Waals surface area contributed by atoms with E-state index in [2.05, 4.69) is 10.2 Å². The lowest BCUT2D eigenvalue weighted by atomic mass is 10.00. The van der Waals surface area contributed by atoms with Gasteiger partial charge in [-0.15, -0.1) is 0 Å². The van der Waals surface area contributed by atoms with E-state index in [1.807, 2.05) is 24.3 Å². The highest BCUT2D eigenvalue weighted by Gasteiger charge is 2.27. The molecular weight excluding hydrogens is 328 g/mol. The maximum Gasteiger partial charge on any atom is 0.258 e. The summed E-state index contributed by atoms with van der Waals surface area (Å²) in [7, 11) is 1.60. The minimum Gasteiger partial charge on any atom is -0.493 e. The fourth-order valence-corrected chi connectivity index (χ4v) is 4.23. The first kappa shape index (κ1) is 19.0. The molecule has 1 aliphatic carbocycles. The van der Waals surface area contributed by atoms with Crippen molar-refractivity contribution in [1.82, 2.24) is 10.2 Å². The van der Waals surface area contributed by atoms with E-state index >= 15 is 0 Å². The van der Waals surface area contributed by atoms with E-state index in [0.29, 0.717) is 17.5 Å². The molecule has 1 heterocycles. The van der Waals surface area contributed by atoms with Crippen LogP contribution in [0.2, 0.25) is 0 Å². The predicted molar refractivity (Wildman–Crippen MR) is 103 cm³/mol. The van der Waals surface area contributed by atoms with Crippen molar-refractivity contribution in [2.45, 2.75) is 63.5 Å². The topological polar surface area (TPSA) is 50.8 Å². The predicted octanol–water partition coefficient (Wildman–Crippen LogP) is 3.38. The van der Waals surface area contributed by atoms with Crippen molar-refractivity contribution in [3.8, 4) is 11.5 Å². The molecule has 0 unspecified atom stereocenters. The monoisotopic (exact) mass is 360 g/mol. The standard InChI is InChI=1S/C21H32N2O3/c1-25-19-12-6-7-13-20(19)26-16-21(24)22-17-9-8-14-23(15-17)18-10-4-2-3-5-11-18/h6-7,12-13,17-18H,2-5,8-11,14-16H2,1H3,(H,22,24)/t17-/m0/s1. The Labute approximate surface area is 157 Å². The van der Waals surface area contributed by atoms with Gasteiger partial charge in [0, 0.05) is 18.6 Å². The third kappa shape index (κ3) is 5.37. The molecule has 1 aromatic carbocycles. The molecule has 0 bridgehead atoms. The van der Waals surface area contributed by atoms with Crippen molar-refractivity contribution in [1.29, 1.82) is 0 Å². The Kier molecular flexibility index (Phi) is 7.18. The number of ether oxygens (including phenoxy) is 2. The summed E-state index contributed by atoms with van der Waals surface area (Å²) in [6.45, 7) is 2.18. The summed E-state index contributed by atoms with van der Waals surface area (Å²) in [4.78, 5) is 14.9. The lowest BCUT2D eigenvalue weighted by Crippen LogP contribution is -2.51. The molecular formula is C21H32N2O3. The van der Waals surface area contributed by atoms with Gasteiger partial charge in [-0.2, -0.15) is 0 Å². The van der Waals surface area contributed by atoms with Crippen molar-refractivity contribution >= 4 is 5.91 Å². The average molecular weight is 360 g/mol. The van der Waals surface area contributed by atoms with Crippen molar-refractivity contribution < 1.29 is 14.3 Å². The van der Waals surface area contributed by atoms with E-state index in [1.54, 1.807) is 7.11 Å². The third-order valence-electron chi connectivity index (χ3n) is 5.59. The number of para-hydroxylation sites is 2. The summed E-state index contributed by atoms with van der Waals surface area (Å²) >= 11 is 0. The highest BCUT2D eigenvalue weighted by Crippen LogP contribution is 2.26. The van der Waals surface area contributed by atoms with Crippen LogP contribution in [0.4, 0.5) is 0 Å². The zero-order valence-corrected chi connectivity index (χ0v) is 15.9. The van der Waals surface area contributed by atoms with Crippen LogP contribution in [0, 0.1) is 0 Å². The van der Waals surface area contributed by atoms with Crippen LogP contribution in [0.15, 0.2) is 24.3 Å². The Morgan fingerprint density at radius 3 is 2.54 bits per heavy atom. The number of methoxy groups -OCH3 is 1. The number of nitrogens with zero attached hydrogens (tertiary/aromatic N) is 1. The molecule has 1 atom stereocenters. The summed E-state index contributed by atoms with van der Waals surface area (Å²) in [5.74, 6) is 1.20. The fourth-order valence-electron chi connectivity index (χ4n) is 4.23. The zero-order chi connectivity index (χ0) is 18.2. The second kappa shape index (κ2) is 9.81. The summed E-state index contributed by atoms with van der Waals surface area (Å²) in [6, 6.07) is 8.36. The summed E-state index contributed by atoms with van der Waals surface area (Å²) < 4.78 is 10.9. The number of hydrogen-bond acceptors (Lipinski definition) is 4. The van der Waals surface area contributed by atoms with Gasteiger partial charge in [-0.05, 0) is 44.4 Å². The third-order valence-corrected chi connectivity index (χ3v) is 5.59. The van der Waals surface area contributed by atoms with Crippen LogP contribution >= 0.6 is 0 Å². The zero-order valence-electron chi connectivity index (χ0n) is 15.9.